The molecule has 4 nitrogen and oxygen atoms in total. The van der Waals surface area contributed by atoms with Gasteiger partial charge in [0.25, 0.3) is 0 Å². The van der Waals surface area contributed by atoms with E-state index in [9.17, 15) is 0 Å². The Hall–Kier alpha value is -0.520. The van der Waals surface area contributed by atoms with E-state index in [0.717, 1.165) is 49.3 Å². The molecule has 1 atom stereocenters. The van der Waals surface area contributed by atoms with Crippen molar-refractivity contribution in [3.8, 4) is 0 Å². The number of nitrogens with zero attached hydrogens (tertiary/aromatic N) is 2. The standard InChI is InChI=1S/C14H25N3OS/c1-3-5-15-9-12-8-13(18-16-12)10-17-6-7-19-14(4-2)11-17/h8,14-15H,3-7,9-11H2,1-2H3. The van der Waals surface area contributed by atoms with Gasteiger partial charge in [-0.25, -0.2) is 0 Å². The molecule has 1 saturated heterocycles. The minimum Gasteiger partial charge on any atom is -0.360 e. The highest BCUT2D eigenvalue weighted by Crippen LogP contribution is 2.22. The summed E-state index contributed by atoms with van der Waals surface area (Å²) in [6, 6.07) is 2.09. The largest absolute Gasteiger partial charge is 0.360 e. The molecular weight excluding hydrogens is 258 g/mol. The molecule has 0 amide bonds. The molecular formula is C14H25N3OS. The van der Waals surface area contributed by atoms with E-state index < -0.39 is 0 Å². The summed E-state index contributed by atoms with van der Waals surface area (Å²) in [4.78, 5) is 2.48. The summed E-state index contributed by atoms with van der Waals surface area (Å²) in [6.07, 6.45) is 2.40. The Bertz CT molecular complexity index is 369. The minimum absolute atomic E-state index is 0.780. The molecule has 0 radical (unpaired) electrons. The van der Waals surface area contributed by atoms with Crippen LogP contribution in [-0.4, -0.2) is 40.7 Å². The molecule has 0 aromatic carbocycles. The van der Waals surface area contributed by atoms with Gasteiger partial charge in [-0.05, 0) is 19.4 Å². The van der Waals surface area contributed by atoms with Gasteiger partial charge in [-0.2, -0.15) is 11.8 Å². The van der Waals surface area contributed by atoms with Crippen LogP contribution in [0.25, 0.3) is 0 Å². The third-order valence-electron chi connectivity index (χ3n) is 3.40. The first-order valence-electron chi connectivity index (χ1n) is 7.31. The summed E-state index contributed by atoms with van der Waals surface area (Å²) < 4.78 is 5.43. The molecule has 1 N–H and O–H groups in total. The van der Waals surface area contributed by atoms with Gasteiger partial charge >= 0.3 is 0 Å². The molecule has 1 aliphatic heterocycles. The van der Waals surface area contributed by atoms with E-state index in [1.165, 1.54) is 18.7 Å². The van der Waals surface area contributed by atoms with E-state index in [1.807, 2.05) is 0 Å². The molecule has 0 bridgehead atoms. The van der Waals surface area contributed by atoms with Crippen LogP contribution in [0.5, 0.6) is 0 Å². The Morgan fingerprint density at radius 2 is 2.42 bits per heavy atom. The quantitative estimate of drug-likeness (QED) is 0.779. The SMILES string of the molecule is CCCNCc1cc(CN2CCSC(CC)C2)on1. The smallest absolute Gasteiger partial charge is 0.151 e. The summed E-state index contributed by atoms with van der Waals surface area (Å²) in [5.41, 5.74) is 1.02. The zero-order valence-electron chi connectivity index (χ0n) is 12.0. The first-order chi connectivity index (χ1) is 9.31. The Kier molecular flexibility index (Phi) is 6.20. The van der Waals surface area contributed by atoms with Gasteiger partial charge in [0.1, 0.15) is 0 Å². The predicted octanol–water partition coefficient (Wildman–Crippen LogP) is 2.50. The van der Waals surface area contributed by atoms with Gasteiger partial charge in [0.15, 0.2) is 5.76 Å². The van der Waals surface area contributed by atoms with Gasteiger partial charge in [0.2, 0.25) is 0 Å². The average molecular weight is 283 g/mol. The van der Waals surface area contributed by atoms with E-state index in [1.54, 1.807) is 0 Å². The molecule has 0 saturated carbocycles. The van der Waals surface area contributed by atoms with E-state index in [2.05, 4.69) is 47.0 Å². The van der Waals surface area contributed by atoms with Gasteiger partial charge in [-0.15, -0.1) is 0 Å². The Labute approximate surface area is 120 Å². The van der Waals surface area contributed by atoms with Crippen molar-refractivity contribution in [2.24, 2.45) is 0 Å². The molecule has 108 valence electrons. The zero-order valence-corrected chi connectivity index (χ0v) is 12.8. The van der Waals surface area contributed by atoms with Crippen molar-refractivity contribution in [3.05, 3.63) is 17.5 Å². The minimum atomic E-state index is 0.780. The Morgan fingerprint density at radius 3 is 3.21 bits per heavy atom. The van der Waals surface area contributed by atoms with E-state index in [-0.39, 0.29) is 0 Å². The highest BCUT2D eigenvalue weighted by Gasteiger charge is 2.20. The van der Waals surface area contributed by atoms with Crippen LogP contribution in [0.2, 0.25) is 0 Å². The van der Waals surface area contributed by atoms with Crippen LogP contribution in [0.4, 0.5) is 0 Å². The van der Waals surface area contributed by atoms with Crippen molar-refractivity contribution in [3.63, 3.8) is 0 Å². The normalized spacial score (nSPS) is 20.8. The molecule has 5 heteroatoms. The zero-order chi connectivity index (χ0) is 13.5. The second kappa shape index (κ2) is 7.92. The molecule has 1 fully saturated rings. The van der Waals surface area contributed by atoms with Crippen LogP contribution < -0.4 is 5.32 Å². The number of nitrogens with one attached hydrogen (secondary N) is 1. The fraction of sp³-hybridized carbons (Fsp3) is 0.786. The molecule has 2 rings (SSSR count). The van der Waals surface area contributed by atoms with Gasteiger partial charge in [-0.1, -0.05) is 19.0 Å². The lowest BCUT2D eigenvalue weighted by Gasteiger charge is -2.30. The highest BCUT2D eigenvalue weighted by molar-refractivity contribution is 8.00. The molecule has 2 heterocycles. The maximum absolute atomic E-state index is 5.43. The number of hydrogen-bond donors (Lipinski definition) is 1. The van der Waals surface area contributed by atoms with E-state index >= 15 is 0 Å². The lowest BCUT2D eigenvalue weighted by Crippen LogP contribution is -2.36. The van der Waals surface area contributed by atoms with Crippen LogP contribution in [-0.2, 0) is 13.1 Å². The number of hydrogen-bond acceptors (Lipinski definition) is 5. The summed E-state index contributed by atoms with van der Waals surface area (Å²) in [7, 11) is 0. The molecule has 1 aromatic rings. The number of thioether (sulfide) groups is 1. The maximum atomic E-state index is 5.43. The van der Waals surface area contributed by atoms with Crippen molar-refractivity contribution < 1.29 is 4.52 Å². The first kappa shape index (κ1) is 14.9. The van der Waals surface area contributed by atoms with Crippen LogP contribution in [0.3, 0.4) is 0 Å². The highest BCUT2D eigenvalue weighted by atomic mass is 32.2. The fourth-order valence-electron chi connectivity index (χ4n) is 2.30. The molecule has 0 spiro atoms. The Balaban J connectivity index is 1.78. The van der Waals surface area contributed by atoms with Crippen LogP contribution in [0.15, 0.2) is 10.6 Å². The van der Waals surface area contributed by atoms with Gasteiger partial charge in [-0.3, -0.25) is 4.90 Å². The second-order valence-corrected chi connectivity index (χ2v) is 6.51. The van der Waals surface area contributed by atoms with Crippen LogP contribution in [0, 0.1) is 0 Å². The monoisotopic (exact) mass is 283 g/mol. The maximum Gasteiger partial charge on any atom is 0.151 e. The first-order valence-corrected chi connectivity index (χ1v) is 8.35. The van der Waals surface area contributed by atoms with Crippen molar-refractivity contribution >= 4 is 11.8 Å². The molecule has 1 aliphatic rings. The summed E-state index contributed by atoms with van der Waals surface area (Å²) >= 11 is 2.10. The van der Waals surface area contributed by atoms with Crippen LogP contribution >= 0.6 is 11.8 Å². The topological polar surface area (TPSA) is 41.3 Å². The molecule has 1 aromatic heterocycles. The lowest BCUT2D eigenvalue weighted by molar-refractivity contribution is 0.236. The summed E-state index contributed by atoms with van der Waals surface area (Å²) in [5, 5.41) is 8.25. The Morgan fingerprint density at radius 1 is 1.53 bits per heavy atom. The fourth-order valence-corrected chi connectivity index (χ4v) is 3.55. The third kappa shape index (κ3) is 4.82. The number of aromatic nitrogens is 1. The molecule has 1 unspecified atom stereocenters. The molecule has 0 aliphatic carbocycles. The average Bonchev–Trinajstić information content (AvgIpc) is 2.87. The van der Waals surface area contributed by atoms with E-state index in [4.69, 9.17) is 4.52 Å². The van der Waals surface area contributed by atoms with Crippen molar-refractivity contribution in [2.45, 2.75) is 45.0 Å². The van der Waals surface area contributed by atoms with Gasteiger partial charge in [0.05, 0.1) is 12.2 Å². The number of rotatable bonds is 7. The third-order valence-corrected chi connectivity index (χ3v) is 4.77. The van der Waals surface area contributed by atoms with Crippen molar-refractivity contribution in [1.82, 2.24) is 15.4 Å². The van der Waals surface area contributed by atoms with Crippen LogP contribution in [0.1, 0.15) is 38.1 Å². The molecule has 19 heavy (non-hydrogen) atoms. The van der Waals surface area contributed by atoms with Crippen molar-refractivity contribution in [1.29, 1.82) is 0 Å². The van der Waals surface area contributed by atoms with E-state index in [0.29, 0.717) is 0 Å². The lowest BCUT2D eigenvalue weighted by atomic mass is 10.2. The van der Waals surface area contributed by atoms with Gasteiger partial charge in [0, 0.05) is 36.7 Å². The van der Waals surface area contributed by atoms with Crippen molar-refractivity contribution in [2.75, 3.05) is 25.4 Å². The van der Waals surface area contributed by atoms with Gasteiger partial charge < -0.3 is 9.84 Å². The predicted molar refractivity (Wildman–Crippen MR) is 80.3 cm³/mol. The summed E-state index contributed by atoms with van der Waals surface area (Å²) in [6.45, 7) is 9.51. The summed E-state index contributed by atoms with van der Waals surface area (Å²) in [5.74, 6) is 2.23. The second-order valence-electron chi connectivity index (χ2n) is 5.10.